The molecule has 0 aromatic heterocycles. The second kappa shape index (κ2) is 6.43. The molecule has 0 bridgehead atoms. The van der Waals surface area contributed by atoms with E-state index in [1.165, 1.54) is 4.90 Å². The first-order valence-electron chi connectivity index (χ1n) is 9.72. The predicted molar refractivity (Wildman–Crippen MR) is 105 cm³/mol. The molecule has 0 aliphatic carbocycles. The predicted octanol–water partition coefficient (Wildman–Crippen LogP) is 2.54. The van der Waals surface area contributed by atoms with Crippen LogP contribution in [0.1, 0.15) is 23.6 Å². The van der Waals surface area contributed by atoms with Crippen LogP contribution in [0.25, 0.3) is 0 Å². The zero-order chi connectivity index (χ0) is 19.4. The molecular formula is C22H23N3O3. The summed E-state index contributed by atoms with van der Waals surface area (Å²) in [5.41, 5.74) is 2.81. The fraction of sp³-hybridized carbons (Fsp3) is 0.364. The molecule has 3 aliphatic rings. The fourth-order valence-electron chi connectivity index (χ4n) is 4.86. The van der Waals surface area contributed by atoms with Crippen molar-refractivity contribution in [1.82, 2.24) is 10.0 Å². The number of hydrazine groups is 1. The van der Waals surface area contributed by atoms with Gasteiger partial charge >= 0.3 is 0 Å². The Labute approximate surface area is 164 Å². The number of hydrogen-bond acceptors (Lipinski definition) is 5. The molecule has 0 N–H and O–H groups in total. The van der Waals surface area contributed by atoms with E-state index in [-0.39, 0.29) is 23.8 Å². The van der Waals surface area contributed by atoms with Gasteiger partial charge in [-0.25, -0.2) is 14.9 Å². The average molecular weight is 377 g/mol. The van der Waals surface area contributed by atoms with Crippen LogP contribution < -0.4 is 9.64 Å². The van der Waals surface area contributed by atoms with Crippen LogP contribution in [0.5, 0.6) is 5.75 Å². The lowest BCUT2D eigenvalue weighted by Gasteiger charge is -2.29. The summed E-state index contributed by atoms with van der Waals surface area (Å²) in [6.07, 6.45) is 1.00. The summed E-state index contributed by atoms with van der Waals surface area (Å²) in [6, 6.07) is 14.9. The standard InChI is InChI=1S/C22H23N3O3/c1-14-4-8-16(9-5-14)25-21(26)18-19(15-6-10-17(28-2)11-7-15)23-12-3-13-24(23)20(18)22(25)27/h4-11,18-20H,3,12-13H2,1-2H3. The molecule has 0 saturated carbocycles. The monoisotopic (exact) mass is 377 g/mol. The summed E-state index contributed by atoms with van der Waals surface area (Å²) < 4.78 is 5.27. The molecule has 3 atom stereocenters. The molecule has 5 rings (SSSR count). The molecule has 0 spiro atoms. The minimum atomic E-state index is -0.414. The molecule has 3 heterocycles. The Morgan fingerprint density at radius 2 is 1.50 bits per heavy atom. The van der Waals surface area contributed by atoms with E-state index in [0.717, 1.165) is 36.4 Å². The minimum absolute atomic E-state index is 0.103. The molecule has 28 heavy (non-hydrogen) atoms. The van der Waals surface area contributed by atoms with Crippen molar-refractivity contribution in [3.63, 3.8) is 0 Å². The maximum Gasteiger partial charge on any atom is 0.253 e. The highest BCUT2D eigenvalue weighted by Crippen LogP contribution is 2.49. The van der Waals surface area contributed by atoms with Crippen LogP contribution >= 0.6 is 0 Å². The van der Waals surface area contributed by atoms with Crippen molar-refractivity contribution >= 4 is 17.5 Å². The van der Waals surface area contributed by atoms with E-state index in [2.05, 4.69) is 10.0 Å². The summed E-state index contributed by atoms with van der Waals surface area (Å²) in [6.45, 7) is 3.68. The van der Waals surface area contributed by atoms with Gasteiger partial charge < -0.3 is 4.74 Å². The number of ether oxygens (including phenoxy) is 1. The number of nitrogens with zero attached hydrogens (tertiary/aromatic N) is 3. The lowest BCUT2D eigenvalue weighted by molar-refractivity contribution is -0.126. The van der Waals surface area contributed by atoms with Gasteiger partial charge in [0.15, 0.2) is 0 Å². The molecule has 2 amide bonds. The molecule has 3 saturated heterocycles. The Morgan fingerprint density at radius 3 is 2.14 bits per heavy atom. The number of benzene rings is 2. The number of methoxy groups -OCH3 is 1. The van der Waals surface area contributed by atoms with Crippen molar-refractivity contribution in [2.45, 2.75) is 25.4 Å². The van der Waals surface area contributed by atoms with Gasteiger partial charge in [0.1, 0.15) is 11.8 Å². The summed E-state index contributed by atoms with van der Waals surface area (Å²) in [5.74, 6) is 0.185. The maximum atomic E-state index is 13.4. The average Bonchev–Trinajstić information content (AvgIpc) is 3.35. The quantitative estimate of drug-likeness (QED) is 0.770. The number of amides is 2. The van der Waals surface area contributed by atoms with E-state index in [0.29, 0.717) is 5.69 Å². The minimum Gasteiger partial charge on any atom is -0.497 e. The number of carbonyl (C=O) groups is 2. The second-order valence-corrected chi connectivity index (χ2v) is 7.72. The Bertz CT molecular complexity index is 925. The Kier molecular flexibility index (Phi) is 4.00. The van der Waals surface area contributed by atoms with E-state index in [1.807, 2.05) is 55.5 Å². The molecule has 2 aromatic carbocycles. The van der Waals surface area contributed by atoms with Crippen LogP contribution in [-0.2, 0) is 9.59 Å². The molecule has 3 fully saturated rings. The van der Waals surface area contributed by atoms with Gasteiger partial charge in [0, 0.05) is 13.1 Å². The number of hydrogen-bond donors (Lipinski definition) is 0. The SMILES string of the molecule is COc1ccc(C2C3C(=O)N(c4ccc(C)cc4)C(=O)C3N3CCCN23)cc1. The van der Waals surface area contributed by atoms with Gasteiger partial charge in [-0.05, 0) is 43.2 Å². The van der Waals surface area contributed by atoms with Crippen LogP contribution in [-0.4, -0.2) is 48.1 Å². The fourth-order valence-corrected chi connectivity index (χ4v) is 4.86. The zero-order valence-electron chi connectivity index (χ0n) is 16.0. The first-order chi connectivity index (χ1) is 13.6. The first-order valence-corrected chi connectivity index (χ1v) is 9.72. The van der Waals surface area contributed by atoms with E-state index >= 15 is 0 Å². The van der Waals surface area contributed by atoms with Crippen molar-refractivity contribution in [2.24, 2.45) is 5.92 Å². The molecule has 6 nitrogen and oxygen atoms in total. The van der Waals surface area contributed by atoms with Gasteiger partial charge in [0.05, 0.1) is 24.8 Å². The Morgan fingerprint density at radius 1 is 0.857 bits per heavy atom. The van der Waals surface area contributed by atoms with Gasteiger partial charge in [-0.3, -0.25) is 9.59 Å². The van der Waals surface area contributed by atoms with E-state index in [4.69, 9.17) is 4.74 Å². The number of rotatable bonds is 3. The summed E-state index contributed by atoms with van der Waals surface area (Å²) in [7, 11) is 1.64. The number of anilines is 1. The molecule has 144 valence electrons. The van der Waals surface area contributed by atoms with E-state index < -0.39 is 6.04 Å². The summed E-state index contributed by atoms with van der Waals surface area (Å²) >= 11 is 0. The largest absolute Gasteiger partial charge is 0.497 e. The van der Waals surface area contributed by atoms with Crippen LogP contribution in [0.3, 0.4) is 0 Å². The van der Waals surface area contributed by atoms with Crippen molar-refractivity contribution < 1.29 is 14.3 Å². The summed E-state index contributed by atoms with van der Waals surface area (Å²) in [4.78, 5) is 28.2. The normalized spacial score (nSPS) is 27.4. The molecule has 3 unspecified atom stereocenters. The zero-order valence-corrected chi connectivity index (χ0v) is 16.0. The Balaban J connectivity index is 1.55. The Hall–Kier alpha value is -2.70. The molecule has 6 heteroatoms. The van der Waals surface area contributed by atoms with Gasteiger partial charge in [0.25, 0.3) is 5.91 Å². The highest BCUT2D eigenvalue weighted by atomic mass is 16.5. The van der Waals surface area contributed by atoms with Crippen molar-refractivity contribution in [3.05, 3.63) is 59.7 Å². The van der Waals surface area contributed by atoms with Crippen molar-refractivity contribution in [2.75, 3.05) is 25.1 Å². The van der Waals surface area contributed by atoms with Crippen LogP contribution in [0.4, 0.5) is 5.69 Å². The highest BCUT2D eigenvalue weighted by molar-refractivity contribution is 6.24. The van der Waals surface area contributed by atoms with E-state index in [1.54, 1.807) is 7.11 Å². The van der Waals surface area contributed by atoms with Crippen LogP contribution in [0.15, 0.2) is 48.5 Å². The molecule has 3 aliphatic heterocycles. The van der Waals surface area contributed by atoms with E-state index in [9.17, 15) is 9.59 Å². The number of carbonyl (C=O) groups excluding carboxylic acids is 2. The lowest BCUT2D eigenvalue weighted by Crippen LogP contribution is -2.44. The molecular weight excluding hydrogens is 354 g/mol. The second-order valence-electron chi connectivity index (χ2n) is 7.72. The lowest BCUT2D eigenvalue weighted by atomic mass is 9.90. The molecule has 0 radical (unpaired) electrons. The third kappa shape index (κ3) is 2.41. The van der Waals surface area contributed by atoms with Gasteiger partial charge in [0.2, 0.25) is 5.91 Å². The molecule has 2 aromatic rings. The van der Waals surface area contributed by atoms with Gasteiger partial charge in [-0.2, -0.15) is 0 Å². The van der Waals surface area contributed by atoms with Crippen molar-refractivity contribution in [1.29, 1.82) is 0 Å². The van der Waals surface area contributed by atoms with Gasteiger partial charge in [-0.15, -0.1) is 0 Å². The first kappa shape index (κ1) is 17.4. The maximum absolute atomic E-state index is 13.4. The topological polar surface area (TPSA) is 53.1 Å². The van der Waals surface area contributed by atoms with Crippen LogP contribution in [0, 0.1) is 12.8 Å². The number of fused-ring (bicyclic) bond motifs is 3. The van der Waals surface area contributed by atoms with Crippen molar-refractivity contribution in [3.8, 4) is 5.75 Å². The third-order valence-electron chi connectivity index (χ3n) is 6.16. The van der Waals surface area contributed by atoms with Gasteiger partial charge in [-0.1, -0.05) is 29.8 Å². The number of aryl methyl sites for hydroxylation is 1. The summed E-state index contributed by atoms with van der Waals surface area (Å²) in [5, 5.41) is 4.34. The van der Waals surface area contributed by atoms with Crippen LogP contribution in [0.2, 0.25) is 0 Å². The highest BCUT2D eigenvalue weighted by Gasteiger charge is 2.62. The number of imide groups is 1. The smallest absolute Gasteiger partial charge is 0.253 e. The third-order valence-corrected chi connectivity index (χ3v) is 6.16.